The highest BCUT2D eigenvalue weighted by molar-refractivity contribution is 7.89. The average Bonchev–Trinajstić information content (AvgIpc) is 2.75. The fourth-order valence-electron chi connectivity index (χ4n) is 3.07. The summed E-state index contributed by atoms with van der Waals surface area (Å²) in [5, 5.41) is 14.2. The highest BCUT2D eigenvalue weighted by Crippen LogP contribution is 2.28. The summed E-state index contributed by atoms with van der Waals surface area (Å²) in [5.41, 5.74) is 0.932. The molecule has 0 fully saturated rings. The minimum Gasteiger partial charge on any atom is -0.319 e. The Morgan fingerprint density at radius 1 is 1.03 bits per heavy atom. The fraction of sp³-hybridized carbons (Fsp3) is 0.136. The van der Waals surface area contributed by atoms with Crippen LogP contribution in [0.3, 0.4) is 0 Å². The minimum atomic E-state index is -4.06. The van der Waals surface area contributed by atoms with Crippen molar-refractivity contribution in [1.82, 2.24) is 4.31 Å². The molecule has 32 heavy (non-hydrogen) atoms. The molecule has 0 spiro atoms. The maximum atomic E-state index is 13.3. The number of amides is 1. The first-order valence-electron chi connectivity index (χ1n) is 9.52. The number of rotatable bonds is 8. The molecule has 0 aliphatic heterocycles. The van der Waals surface area contributed by atoms with E-state index in [1.807, 2.05) is 0 Å². The third-order valence-electron chi connectivity index (χ3n) is 4.69. The highest BCUT2D eigenvalue weighted by Gasteiger charge is 2.28. The zero-order valence-electron chi connectivity index (χ0n) is 17.1. The predicted molar refractivity (Wildman–Crippen MR) is 122 cm³/mol. The Morgan fingerprint density at radius 2 is 1.69 bits per heavy atom. The molecule has 8 nitrogen and oxygen atoms in total. The van der Waals surface area contributed by atoms with Gasteiger partial charge in [0.25, 0.3) is 5.69 Å². The van der Waals surface area contributed by atoms with Crippen LogP contribution in [0.15, 0.2) is 77.7 Å². The molecule has 1 N–H and O–H groups in total. The van der Waals surface area contributed by atoms with Crippen LogP contribution in [0.4, 0.5) is 11.4 Å². The molecule has 1 amide bonds. The molecule has 0 aromatic heterocycles. The van der Waals surface area contributed by atoms with E-state index in [2.05, 4.69) is 5.32 Å². The maximum Gasteiger partial charge on any atom is 0.293 e. The number of anilines is 1. The summed E-state index contributed by atoms with van der Waals surface area (Å²) >= 11 is 5.87. The van der Waals surface area contributed by atoms with Crippen molar-refractivity contribution in [3.05, 3.63) is 99.1 Å². The molecule has 0 aliphatic rings. The minimum absolute atomic E-state index is 0.0208. The van der Waals surface area contributed by atoms with E-state index < -0.39 is 27.4 Å². The first kappa shape index (κ1) is 23.4. The molecule has 3 aromatic rings. The van der Waals surface area contributed by atoms with Crippen LogP contribution in [0, 0.1) is 17.0 Å². The van der Waals surface area contributed by atoms with Crippen LogP contribution in [0.5, 0.6) is 0 Å². The summed E-state index contributed by atoms with van der Waals surface area (Å²) in [6, 6.07) is 18.8. The Kier molecular flexibility index (Phi) is 7.24. The van der Waals surface area contributed by atoms with Crippen molar-refractivity contribution < 1.29 is 18.1 Å². The van der Waals surface area contributed by atoms with Crippen LogP contribution in [-0.2, 0) is 21.4 Å². The lowest BCUT2D eigenvalue weighted by Crippen LogP contribution is -2.37. The van der Waals surface area contributed by atoms with Gasteiger partial charge in [0.15, 0.2) is 0 Å². The number of nitro groups is 1. The highest BCUT2D eigenvalue weighted by atomic mass is 35.5. The number of carbonyl (C=O) groups is 1. The lowest BCUT2D eigenvalue weighted by atomic mass is 10.1. The number of aryl methyl sites for hydroxylation is 1. The van der Waals surface area contributed by atoms with Gasteiger partial charge in [0, 0.05) is 17.6 Å². The smallest absolute Gasteiger partial charge is 0.293 e. The van der Waals surface area contributed by atoms with Crippen molar-refractivity contribution in [2.45, 2.75) is 18.4 Å². The number of benzene rings is 3. The molecule has 0 aliphatic carbocycles. The van der Waals surface area contributed by atoms with Crippen LogP contribution in [0.2, 0.25) is 5.02 Å². The van der Waals surface area contributed by atoms with Crippen molar-refractivity contribution in [2.24, 2.45) is 0 Å². The SMILES string of the molecule is Cc1cccc([N+](=O)[O-])c1NC(=O)CN(Cc1ccccc1)S(=O)(=O)c1ccc(Cl)cc1. The van der Waals surface area contributed by atoms with Gasteiger partial charge in [-0.2, -0.15) is 4.31 Å². The largest absolute Gasteiger partial charge is 0.319 e. The first-order chi connectivity index (χ1) is 15.2. The number of sulfonamides is 1. The van der Waals surface area contributed by atoms with Gasteiger partial charge in [-0.05, 0) is 42.3 Å². The van der Waals surface area contributed by atoms with Crippen molar-refractivity contribution in [1.29, 1.82) is 0 Å². The van der Waals surface area contributed by atoms with Crippen molar-refractivity contribution in [3.63, 3.8) is 0 Å². The number of para-hydroxylation sites is 1. The summed E-state index contributed by atoms with van der Waals surface area (Å²) in [4.78, 5) is 23.5. The van der Waals surface area contributed by atoms with Gasteiger partial charge in [0.05, 0.1) is 16.4 Å². The quantitative estimate of drug-likeness (QED) is 0.385. The predicted octanol–water partition coefficient (Wildman–Crippen LogP) is 4.39. The van der Waals surface area contributed by atoms with Crippen LogP contribution >= 0.6 is 11.6 Å². The second-order valence-electron chi connectivity index (χ2n) is 6.99. The monoisotopic (exact) mass is 473 g/mol. The Labute approximate surface area is 190 Å². The Balaban J connectivity index is 1.92. The van der Waals surface area contributed by atoms with Crippen LogP contribution in [0.1, 0.15) is 11.1 Å². The van der Waals surface area contributed by atoms with Gasteiger partial charge in [-0.3, -0.25) is 14.9 Å². The zero-order chi connectivity index (χ0) is 23.3. The van der Waals surface area contributed by atoms with E-state index in [0.717, 1.165) is 4.31 Å². The number of nitro benzene ring substituents is 1. The molecule has 0 heterocycles. The van der Waals surface area contributed by atoms with E-state index in [0.29, 0.717) is 16.1 Å². The Bertz CT molecular complexity index is 1230. The number of nitrogens with zero attached hydrogens (tertiary/aromatic N) is 2. The number of carbonyl (C=O) groups excluding carboxylic acids is 1. The van der Waals surface area contributed by atoms with Gasteiger partial charge in [-0.1, -0.05) is 54.1 Å². The molecule has 166 valence electrons. The standard InChI is InChI=1S/C22H20ClN3O5S/c1-16-6-5-9-20(26(28)29)22(16)24-21(27)15-25(14-17-7-3-2-4-8-17)32(30,31)19-12-10-18(23)11-13-19/h2-13H,14-15H2,1H3,(H,24,27). The van der Waals surface area contributed by atoms with Gasteiger partial charge in [-0.25, -0.2) is 8.42 Å². The Morgan fingerprint density at radius 3 is 2.31 bits per heavy atom. The van der Waals surface area contributed by atoms with E-state index in [1.54, 1.807) is 43.3 Å². The third-order valence-corrected chi connectivity index (χ3v) is 6.74. The molecular formula is C22H20ClN3O5S. The van der Waals surface area contributed by atoms with Crippen LogP contribution < -0.4 is 5.32 Å². The van der Waals surface area contributed by atoms with E-state index >= 15 is 0 Å². The van der Waals surface area contributed by atoms with E-state index in [4.69, 9.17) is 11.6 Å². The molecule has 0 radical (unpaired) electrons. The van der Waals surface area contributed by atoms with Gasteiger partial charge in [0.1, 0.15) is 5.69 Å². The van der Waals surface area contributed by atoms with Crippen molar-refractivity contribution in [2.75, 3.05) is 11.9 Å². The molecule has 3 rings (SSSR count). The normalized spacial score (nSPS) is 11.3. The molecule has 0 atom stereocenters. The average molecular weight is 474 g/mol. The van der Waals surface area contributed by atoms with Crippen molar-refractivity contribution >= 4 is 38.9 Å². The second kappa shape index (κ2) is 9.90. The lowest BCUT2D eigenvalue weighted by molar-refractivity contribution is -0.384. The number of hydrogen-bond donors (Lipinski definition) is 1. The molecule has 0 unspecified atom stereocenters. The van der Waals surface area contributed by atoms with Gasteiger partial charge in [-0.15, -0.1) is 0 Å². The molecular weight excluding hydrogens is 454 g/mol. The van der Waals surface area contributed by atoms with Crippen LogP contribution in [0.25, 0.3) is 0 Å². The first-order valence-corrected chi connectivity index (χ1v) is 11.3. The van der Waals surface area contributed by atoms with E-state index in [-0.39, 0.29) is 22.8 Å². The summed E-state index contributed by atoms with van der Waals surface area (Å²) in [6.07, 6.45) is 0. The molecule has 0 saturated carbocycles. The summed E-state index contributed by atoms with van der Waals surface area (Å²) in [7, 11) is -4.06. The van der Waals surface area contributed by atoms with Gasteiger partial charge in [0.2, 0.25) is 15.9 Å². The summed E-state index contributed by atoms with van der Waals surface area (Å²) in [5.74, 6) is -0.698. The Hall–Kier alpha value is -3.27. The van der Waals surface area contributed by atoms with Crippen LogP contribution in [-0.4, -0.2) is 30.1 Å². The molecule has 0 bridgehead atoms. The van der Waals surface area contributed by atoms with E-state index in [1.165, 1.54) is 36.4 Å². The number of nitrogens with one attached hydrogen (secondary N) is 1. The lowest BCUT2D eigenvalue weighted by Gasteiger charge is -2.22. The van der Waals surface area contributed by atoms with Gasteiger partial charge >= 0.3 is 0 Å². The summed E-state index contributed by atoms with van der Waals surface area (Å²) < 4.78 is 27.6. The summed E-state index contributed by atoms with van der Waals surface area (Å²) in [6.45, 7) is 1.02. The van der Waals surface area contributed by atoms with Gasteiger partial charge < -0.3 is 5.32 Å². The van der Waals surface area contributed by atoms with Crippen molar-refractivity contribution in [3.8, 4) is 0 Å². The second-order valence-corrected chi connectivity index (χ2v) is 9.36. The number of hydrogen-bond acceptors (Lipinski definition) is 5. The fourth-order valence-corrected chi connectivity index (χ4v) is 4.59. The third kappa shape index (κ3) is 5.50. The molecule has 10 heteroatoms. The number of halogens is 1. The molecule has 0 saturated heterocycles. The maximum absolute atomic E-state index is 13.3. The molecule has 3 aromatic carbocycles. The zero-order valence-corrected chi connectivity index (χ0v) is 18.6. The van der Waals surface area contributed by atoms with E-state index in [9.17, 15) is 23.3 Å². The topological polar surface area (TPSA) is 110 Å².